The molecule has 0 unspecified atom stereocenters. The second-order valence-electron chi connectivity index (χ2n) is 7.79. The lowest BCUT2D eigenvalue weighted by Gasteiger charge is -2.29. The minimum atomic E-state index is -1.22. The quantitative estimate of drug-likeness (QED) is 0.634. The second kappa shape index (κ2) is 7.08. The van der Waals surface area contributed by atoms with Gasteiger partial charge in [0.05, 0.1) is 18.4 Å². The van der Waals surface area contributed by atoms with Gasteiger partial charge in [-0.2, -0.15) is 0 Å². The lowest BCUT2D eigenvalue weighted by Crippen LogP contribution is -2.54. The summed E-state index contributed by atoms with van der Waals surface area (Å²) in [5.74, 6) is -1.95. The van der Waals surface area contributed by atoms with Crippen LogP contribution in [0, 0.1) is 11.8 Å². The van der Waals surface area contributed by atoms with Crippen molar-refractivity contribution < 1.29 is 19.1 Å². The van der Waals surface area contributed by atoms with E-state index in [9.17, 15) is 14.4 Å². The van der Waals surface area contributed by atoms with Gasteiger partial charge in [-0.15, -0.1) is 0 Å². The van der Waals surface area contributed by atoms with E-state index in [4.69, 9.17) is 4.74 Å². The van der Waals surface area contributed by atoms with Crippen molar-refractivity contribution in [1.29, 1.82) is 0 Å². The Hall–Kier alpha value is -2.21. The topological polar surface area (TPSA) is 75.7 Å². The molecule has 2 amide bonds. The maximum absolute atomic E-state index is 13.0. The number of ether oxygens (including phenoxy) is 1. The average molecular weight is 372 g/mol. The molecule has 0 saturated carbocycles. The van der Waals surface area contributed by atoms with Crippen molar-refractivity contribution in [2.24, 2.45) is 11.8 Å². The monoisotopic (exact) mass is 372 g/mol. The smallest absolute Gasteiger partial charge is 0.326 e. The van der Waals surface area contributed by atoms with Crippen molar-refractivity contribution in [3.63, 3.8) is 0 Å². The Bertz CT molecular complexity index is 758. The van der Waals surface area contributed by atoms with E-state index in [-0.39, 0.29) is 18.4 Å². The number of imide groups is 1. The third-order valence-electron chi connectivity index (χ3n) is 5.86. The summed E-state index contributed by atoms with van der Waals surface area (Å²) in [6.07, 6.45) is 0. The molecule has 6 nitrogen and oxygen atoms in total. The molecule has 2 heterocycles. The van der Waals surface area contributed by atoms with Crippen LogP contribution in [0.25, 0.3) is 0 Å². The number of hydrogen-bond donors (Lipinski definition) is 1. The highest BCUT2D eigenvalue weighted by atomic mass is 16.5. The number of amides is 2. The molecule has 0 bridgehead atoms. The third-order valence-corrected chi connectivity index (χ3v) is 5.86. The number of carbonyl (C=O) groups is 3. The van der Waals surface area contributed by atoms with Crippen LogP contribution in [0.1, 0.15) is 57.7 Å². The van der Waals surface area contributed by atoms with E-state index in [0.717, 1.165) is 5.56 Å². The maximum atomic E-state index is 13.0. The lowest BCUT2D eigenvalue weighted by atomic mass is 9.80. The van der Waals surface area contributed by atoms with E-state index in [1.807, 2.05) is 24.3 Å². The third kappa shape index (κ3) is 2.96. The second-order valence-corrected chi connectivity index (χ2v) is 7.79. The van der Waals surface area contributed by atoms with Gasteiger partial charge in [-0.05, 0) is 37.8 Å². The van der Waals surface area contributed by atoms with Gasteiger partial charge in [0, 0.05) is 12.6 Å². The van der Waals surface area contributed by atoms with Crippen LogP contribution in [-0.4, -0.2) is 41.4 Å². The zero-order chi connectivity index (χ0) is 19.9. The van der Waals surface area contributed by atoms with E-state index in [0.29, 0.717) is 12.5 Å². The number of nitrogens with zero attached hydrogens (tertiary/aromatic N) is 1. The number of hydrogen-bond acceptors (Lipinski definition) is 5. The van der Waals surface area contributed by atoms with Crippen molar-refractivity contribution in [3.05, 3.63) is 35.4 Å². The molecule has 27 heavy (non-hydrogen) atoms. The molecule has 1 aromatic carbocycles. The number of nitrogens with one attached hydrogen (secondary N) is 1. The number of rotatable bonds is 5. The van der Waals surface area contributed by atoms with Gasteiger partial charge in [0.2, 0.25) is 11.8 Å². The van der Waals surface area contributed by atoms with E-state index in [1.54, 1.807) is 20.8 Å². The summed E-state index contributed by atoms with van der Waals surface area (Å²) in [7, 11) is 0. The molecule has 6 heteroatoms. The number of esters is 1. The Morgan fingerprint density at radius 2 is 1.81 bits per heavy atom. The van der Waals surface area contributed by atoms with Gasteiger partial charge >= 0.3 is 5.97 Å². The number of benzene rings is 1. The van der Waals surface area contributed by atoms with Gasteiger partial charge in [0.15, 0.2) is 0 Å². The number of fused-ring (bicyclic) bond motifs is 1. The first-order valence-electron chi connectivity index (χ1n) is 9.66. The first-order chi connectivity index (χ1) is 12.8. The van der Waals surface area contributed by atoms with Gasteiger partial charge in [0.25, 0.3) is 0 Å². The highest BCUT2D eigenvalue weighted by Crippen LogP contribution is 2.49. The highest BCUT2D eigenvalue weighted by Gasteiger charge is 2.66. The SMILES string of the molecule is CCOC(=O)[C@]1(C)N[C@H](c2ccc(C(C)C)cc2)[C@H]2C(=O)N(CC)C(=O)[C@@H]21. The Labute approximate surface area is 160 Å². The highest BCUT2D eigenvalue weighted by molar-refractivity contribution is 6.09. The van der Waals surface area contributed by atoms with Crippen molar-refractivity contribution in [2.75, 3.05) is 13.2 Å². The van der Waals surface area contributed by atoms with Crippen molar-refractivity contribution in [3.8, 4) is 0 Å². The van der Waals surface area contributed by atoms with Crippen LogP contribution in [0.2, 0.25) is 0 Å². The van der Waals surface area contributed by atoms with E-state index >= 15 is 0 Å². The molecule has 2 saturated heterocycles. The standard InChI is InChI=1S/C21H28N2O4/c1-6-23-18(24)15-16(19(23)25)21(5,20(26)27-7-2)22-17(15)14-10-8-13(9-11-14)12(3)4/h8-12,15-17,22H,6-7H2,1-5H3/t15-,16+,17+,21+/m0/s1. The van der Waals surface area contributed by atoms with Crippen LogP contribution in [0.3, 0.4) is 0 Å². The molecule has 4 atom stereocenters. The number of carbonyl (C=O) groups excluding carboxylic acids is 3. The van der Waals surface area contributed by atoms with Crippen LogP contribution in [0.4, 0.5) is 0 Å². The molecule has 2 aliphatic rings. The lowest BCUT2D eigenvalue weighted by molar-refractivity contribution is -0.155. The average Bonchev–Trinajstić information content (AvgIpc) is 3.09. The fraction of sp³-hybridized carbons (Fsp3) is 0.571. The fourth-order valence-corrected chi connectivity index (χ4v) is 4.35. The summed E-state index contributed by atoms with van der Waals surface area (Å²) in [4.78, 5) is 39.9. The van der Waals surface area contributed by atoms with Crippen molar-refractivity contribution in [2.45, 2.75) is 52.1 Å². The molecule has 1 N–H and O–H groups in total. The minimum absolute atomic E-state index is 0.217. The molecule has 1 aromatic rings. The minimum Gasteiger partial charge on any atom is -0.465 e. The van der Waals surface area contributed by atoms with Gasteiger partial charge in [-0.3, -0.25) is 24.6 Å². The first kappa shape index (κ1) is 19.5. The van der Waals surface area contributed by atoms with Crippen LogP contribution < -0.4 is 5.32 Å². The molecule has 2 aliphatic heterocycles. The molecule has 0 radical (unpaired) electrons. The molecule has 2 fully saturated rings. The maximum Gasteiger partial charge on any atom is 0.326 e. The Morgan fingerprint density at radius 1 is 1.19 bits per heavy atom. The summed E-state index contributed by atoms with van der Waals surface area (Å²) in [6.45, 7) is 9.96. The predicted molar refractivity (Wildman–Crippen MR) is 101 cm³/mol. The van der Waals surface area contributed by atoms with Crippen LogP contribution in [-0.2, 0) is 19.1 Å². The van der Waals surface area contributed by atoms with E-state index in [1.165, 1.54) is 10.5 Å². The molecule has 146 valence electrons. The molecule has 0 spiro atoms. The van der Waals surface area contributed by atoms with Crippen LogP contribution >= 0.6 is 0 Å². The summed E-state index contributed by atoms with van der Waals surface area (Å²) >= 11 is 0. The number of likely N-dealkylation sites (tertiary alicyclic amines) is 1. The molecule has 0 aliphatic carbocycles. The zero-order valence-electron chi connectivity index (χ0n) is 16.6. The van der Waals surface area contributed by atoms with E-state index < -0.39 is 29.4 Å². The molecule has 0 aromatic heterocycles. The normalized spacial score (nSPS) is 30.1. The van der Waals surface area contributed by atoms with E-state index in [2.05, 4.69) is 19.2 Å². The summed E-state index contributed by atoms with van der Waals surface area (Å²) in [5.41, 5.74) is 0.880. The summed E-state index contributed by atoms with van der Waals surface area (Å²) in [6, 6.07) is 7.63. The van der Waals surface area contributed by atoms with Crippen LogP contribution in [0.15, 0.2) is 24.3 Å². The Morgan fingerprint density at radius 3 is 2.33 bits per heavy atom. The molecule has 3 rings (SSSR count). The van der Waals surface area contributed by atoms with Gasteiger partial charge < -0.3 is 4.74 Å². The summed E-state index contributed by atoms with van der Waals surface area (Å²) in [5, 5.41) is 3.28. The van der Waals surface area contributed by atoms with Gasteiger partial charge in [0.1, 0.15) is 5.54 Å². The van der Waals surface area contributed by atoms with Crippen molar-refractivity contribution >= 4 is 17.8 Å². The fourth-order valence-electron chi connectivity index (χ4n) is 4.35. The predicted octanol–water partition coefficient (Wildman–Crippen LogP) is 2.40. The van der Waals surface area contributed by atoms with Crippen molar-refractivity contribution in [1.82, 2.24) is 10.2 Å². The Kier molecular flexibility index (Phi) is 5.12. The first-order valence-corrected chi connectivity index (χ1v) is 9.66. The molecular formula is C21H28N2O4. The molecular weight excluding hydrogens is 344 g/mol. The largest absolute Gasteiger partial charge is 0.465 e. The zero-order valence-corrected chi connectivity index (χ0v) is 16.6. The van der Waals surface area contributed by atoms with Gasteiger partial charge in [-0.25, -0.2) is 0 Å². The van der Waals surface area contributed by atoms with Gasteiger partial charge in [-0.1, -0.05) is 38.1 Å². The summed E-state index contributed by atoms with van der Waals surface area (Å²) < 4.78 is 5.24. The van der Waals surface area contributed by atoms with Crippen LogP contribution in [0.5, 0.6) is 0 Å². The Balaban J connectivity index is 2.04.